The summed E-state index contributed by atoms with van der Waals surface area (Å²) in [4.78, 5) is 30.4. The monoisotopic (exact) mass is 444 g/mol. The van der Waals surface area contributed by atoms with Crippen LogP contribution in [0.15, 0.2) is 9.70 Å². The number of carbonyl (C=O) groups is 1. The van der Waals surface area contributed by atoms with Crippen molar-refractivity contribution in [3.63, 3.8) is 0 Å². The van der Waals surface area contributed by atoms with E-state index in [9.17, 15) is 14.9 Å². The van der Waals surface area contributed by atoms with Crippen molar-refractivity contribution in [2.45, 2.75) is 59.4 Å². The number of hydrogen-bond donors (Lipinski definition) is 0. The van der Waals surface area contributed by atoms with E-state index in [1.165, 1.54) is 24.6 Å². The molecule has 0 bridgehead atoms. The molecule has 1 aromatic heterocycles. The molecule has 160 valence electrons. The fraction of sp³-hybridized carbons (Fsp3) is 0.545. The average molecular weight is 445 g/mol. The third-order valence-electron chi connectivity index (χ3n) is 5.66. The maximum Gasteiger partial charge on any atom is 0.270 e. The summed E-state index contributed by atoms with van der Waals surface area (Å²) >= 11 is 6.71. The van der Waals surface area contributed by atoms with E-state index in [0.29, 0.717) is 27.9 Å². The van der Waals surface area contributed by atoms with Crippen LogP contribution in [-0.2, 0) is 11.3 Å². The summed E-state index contributed by atoms with van der Waals surface area (Å²) in [5.41, 5.74) is 1.30. The summed E-state index contributed by atoms with van der Waals surface area (Å²) in [5, 5.41) is 9.66. The van der Waals surface area contributed by atoms with Gasteiger partial charge >= 0.3 is 0 Å². The van der Waals surface area contributed by atoms with Gasteiger partial charge in [0.05, 0.1) is 4.91 Å². The Hall–Kier alpha value is -2.11. The summed E-state index contributed by atoms with van der Waals surface area (Å²) in [6, 6.07) is 2.09. The highest BCUT2D eigenvalue weighted by molar-refractivity contribution is 8.26. The van der Waals surface area contributed by atoms with Gasteiger partial charge in [0, 0.05) is 31.7 Å². The molecular formula is C22H28N4O2S2. The van der Waals surface area contributed by atoms with Gasteiger partial charge in [-0.3, -0.25) is 19.1 Å². The third kappa shape index (κ3) is 4.19. The van der Waals surface area contributed by atoms with Crippen molar-refractivity contribution in [3.8, 4) is 6.07 Å². The van der Waals surface area contributed by atoms with Gasteiger partial charge in [-0.1, -0.05) is 43.7 Å². The number of carbonyl (C=O) groups excluding carboxylic acids is 1. The highest BCUT2D eigenvalue weighted by Gasteiger charge is 2.32. The molecule has 2 aliphatic rings. The summed E-state index contributed by atoms with van der Waals surface area (Å²) in [5.74, 6) is 0.725. The molecule has 6 nitrogen and oxygen atoms in total. The quantitative estimate of drug-likeness (QED) is 0.504. The molecular weight excluding hydrogens is 416 g/mol. The predicted octanol–water partition coefficient (Wildman–Crippen LogP) is 4.04. The summed E-state index contributed by atoms with van der Waals surface area (Å²) < 4.78 is 2.25. The number of thioether (sulfide) groups is 1. The van der Waals surface area contributed by atoms with Crippen LogP contribution in [0.1, 0.15) is 62.6 Å². The Labute approximate surface area is 187 Å². The molecule has 3 heterocycles. The lowest BCUT2D eigenvalue weighted by Gasteiger charge is -2.29. The Balaban J connectivity index is 2.22. The number of nitrogens with zero attached hydrogens (tertiary/aromatic N) is 4. The van der Waals surface area contributed by atoms with Crippen molar-refractivity contribution in [2.75, 3.05) is 24.5 Å². The maximum atomic E-state index is 13.0. The summed E-state index contributed by atoms with van der Waals surface area (Å²) in [6.07, 6.45) is 7.15. The molecule has 0 N–H and O–H groups in total. The van der Waals surface area contributed by atoms with Gasteiger partial charge in [-0.25, -0.2) is 0 Å². The van der Waals surface area contributed by atoms with Gasteiger partial charge in [0.1, 0.15) is 21.8 Å². The van der Waals surface area contributed by atoms with Crippen LogP contribution in [0.3, 0.4) is 0 Å². The smallest absolute Gasteiger partial charge is 0.270 e. The molecule has 1 amide bonds. The molecule has 0 spiro atoms. The van der Waals surface area contributed by atoms with Crippen LogP contribution in [0.5, 0.6) is 0 Å². The first-order valence-corrected chi connectivity index (χ1v) is 11.8. The number of rotatable bonds is 5. The van der Waals surface area contributed by atoms with E-state index in [1.807, 2.05) is 19.9 Å². The number of hydrogen-bond acceptors (Lipinski definition) is 6. The second-order valence-electron chi connectivity index (χ2n) is 7.63. The summed E-state index contributed by atoms with van der Waals surface area (Å²) in [6.45, 7) is 8.53. The molecule has 2 saturated heterocycles. The van der Waals surface area contributed by atoms with Crippen molar-refractivity contribution in [1.29, 1.82) is 5.26 Å². The van der Waals surface area contributed by atoms with Gasteiger partial charge in [0.2, 0.25) is 0 Å². The van der Waals surface area contributed by atoms with Crippen molar-refractivity contribution in [3.05, 3.63) is 31.9 Å². The second-order valence-corrected chi connectivity index (χ2v) is 9.31. The topological polar surface area (TPSA) is 69.3 Å². The van der Waals surface area contributed by atoms with Crippen LogP contribution >= 0.6 is 24.0 Å². The van der Waals surface area contributed by atoms with Gasteiger partial charge in [0.15, 0.2) is 0 Å². The highest BCUT2D eigenvalue weighted by atomic mass is 32.2. The standard InChI is InChI=1S/C22H28N4O2S2/c1-4-10-26-21(28)18(30-22(26)29)13-16-15(3)17(14-23)20(27)25(5-2)19(16)24-11-8-6-7-9-12-24/h13H,4-12H2,1-3H3/b18-13-. The first-order valence-electron chi connectivity index (χ1n) is 10.6. The van der Waals surface area contributed by atoms with E-state index < -0.39 is 0 Å². The SMILES string of the molecule is CCCN1C(=O)/C(=C/c2c(C)c(C#N)c(=O)n(CC)c2N2CCCCCC2)SC1=S. The number of pyridine rings is 1. The van der Waals surface area contributed by atoms with Crippen molar-refractivity contribution in [1.82, 2.24) is 9.47 Å². The number of amides is 1. The zero-order valence-corrected chi connectivity index (χ0v) is 19.5. The van der Waals surface area contributed by atoms with E-state index >= 15 is 0 Å². The third-order valence-corrected chi connectivity index (χ3v) is 7.04. The number of thiocarbonyl (C=S) groups is 1. The van der Waals surface area contributed by atoms with Crippen LogP contribution in [0, 0.1) is 18.3 Å². The van der Waals surface area contributed by atoms with E-state index in [2.05, 4.69) is 11.0 Å². The molecule has 2 aliphatic heterocycles. The van der Waals surface area contributed by atoms with Crippen LogP contribution in [0.2, 0.25) is 0 Å². The fourth-order valence-corrected chi connectivity index (χ4v) is 5.40. The van der Waals surface area contributed by atoms with Crippen molar-refractivity contribution < 1.29 is 4.79 Å². The Morgan fingerprint density at radius 2 is 1.83 bits per heavy atom. The minimum Gasteiger partial charge on any atom is -0.357 e. The molecule has 0 aliphatic carbocycles. The van der Waals surface area contributed by atoms with Crippen molar-refractivity contribution >= 4 is 46.1 Å². The average Bonchev–Trinajstić information content (AvgIpc) is 2.92. The molecule has 2 fully saturated rings. The van der Waals surface area contributed by atoms with Gasteiger partial charge in [0.25, 0.3) is 11.5 Å². The van der Waals surface area contributed by atoms with Crippen LogP contribution < -0.4 is 10.5 Å². The van der Waals surface area contributed by atoms with Crippen LogP contribution in [0.25, 0.3) is 6.08 Å². The molecule has 8 heteroatoms. The number of aromatic nitrogens is 1. The van der Waals surface area contributed by atoms with Gasteiger partial charge < -0.3 is 4.90 Å². The Morgan fingerprint density at radius 1 is 1.17 bits per heavy atom. The number of nitriles is 1. The predicted molar refractivity (Wildman–Crippen MR) is 127 cm³/mol. The molecule has 0 unspecified atom stereocenters. The Morgan fingerprint density at radius 3 is 2.40 bits per heavy atom. The lowest BCUT2D eigenvalue weighted by molar-refractivity contribution is -0.122. The highest BCUT2D eigenvalue weighted by Crippen LogP contribution is 2.36. The van der Waals surface area contributed by atoms with Crippen LogP contribution in [0.4, 0.5) is 5.82 Å². The lowest BCUT2D eigenvalue weighted by atomic mass is 10.0. The molecule has 30 heavy (non-hydrogen) atoms. The van der Waals surface area contributed by atoms with Gasteiger partial charge in [-0.2, -0.15) is 5.26 Å². The molecule has 0 atom stereocenters. The van der Waals surface area contributed by atoms with E-state index in [-0.39, 0.29) is 17.0 Å². The lowest BCUT2D eigenvalue weighted by Crippen LogP contribution is -2.35. The molecule has 1 aromatic rings. The molecule has 0 radical (unpaired) electrons. The Bertz CT molecular complexity index is 982. The molecule has 0 saturated carbocycles. The molecule has 0 aromatic carbocycles. The second kappa shape index (κ2) is 9.80. The number of anilines is 1. The zero-order chi connectivity index (χ0) is 21.8. The van der Waals surface area contributed by atoms with Gasteiger partial charge in [-0.15, -0.1) is 0 Å². The first kappa shape index (κ1) is 22.6. The van der Waals surface area contributed by atoms with E-state index in [0.717, 1.165) is 43.7 Å². The van der Waals surface area contributed by atoms with Gasteiger partial charge in [-0.05, 0) is 44.7 Å². The van der Waals surface area contributed by atoms with Crippen molar-refractivity contribution in [2.24, 2.45) is 0 Å². The maximum absolute atomic E-state index is 13.0. The minimum absolute atomic E-state index is 0.0965. The molecule has 3 rings (SSSR count). The summed E-state index contributed by atoms with van der Waals surface area (Å²) in [7, 11) is 0. The van der Waals surface area contributed by atoms with Crippen LogP contribution in [-0.4, -0.2) is 39.3 Å². The Kier molecular flexibility index (Phi) is 7.37. The fourth-order valence-electron chi connectivity index (χ4n) is 4.11. The van der Waals surface area contributed by atoms with E-state index in [4.69, 9.17) is 12.2 Å². The zero-order valence-electron chi connectivity index (χ0n) is 17.9. The van der Waals surface area contributed by atoms with E-state index in [1.54, 1.807) is 16.4 Å². The minimum atomic E-state index is -0.257. The first-order chi connectivity index (χ1) is 14.4. The normalized spacial score (nSPS) is 18.8. The largest absolute Gasteiger partial charge is 0.357 e.